The van der Waals surface area contributed by atoms with Crippen LogP contribution in [0.5, 0.6) is 5.75 Å². The summed E-state index contributed by atoms with van der Waals surface area (Å²) in [7, 11) is -4.00. The topological polar surface area (TPSA) is 122 Å². The molecule has 0 fully saturated rings. The fourth-order valence-corrected chi connectivity index (χ4v) is 4.25. The van der Waals surface area contributed by atoms with Crippen molar-refractivity contribution in [2.24, 2.45) is 0 Å². The number of amides is 1. The molecule has 4 aromatic rings. The number of sulfonamides is 1. The Balaban J connectivity index is 1.72. The van der Waals surface area contributed by atoms with Crippen molar-refractivity contribution < 1.29 is 17.9 Å². The van der Waals surface area contributed by atoms with Gasteiger partial charge in [0.15, 0.2) is 11.6 Å². The van der Waals surface area contributed by atoms with Gasteiger partial charge in [-0.25, -0.2) is 18.4 Å². The Morgan fingerprint density at radius 3 is 2.15 bits per heavy atom. The molecule has 0 saturated carbocycles. The molecule has 3 aromatic carbocycles. The highest BCUT2D eigenvalue weighted by molar-refractivity contribution is 7.92. The van der Waals surface area contributed by atoms with Gasteiger partial charge in [-0.3, -0.25) is 9.52 Å². The van der Waals surface area contributed by atoms with Gasteiger partial charge in [-0.1, -0.05) is 24.3 Å². The van der Waals surface area contributed by atoms with Crippen molar-refractivity contribution >= 4 is 50.0 Å². The lowest BCUT2D eigenvalue weighted by atomic mass is 10.3. The molecule has 0 spiro atoms. The van der Waals surface area contributed by atoms with Gasteiger partial charge < -0.3 is 15.4 Å². The maximum absolute atomic E-state index is 13.1. The standard InChI is InChI=1S/C24H23N5O4S/c1-3-33-22-11-7-6-10-21(22)28-23-24(27-20-9-5-4-8-19(20)26-23)29-34(31,32)18-14-12-17(13-15-18)25-16(2)30/h4-15H,3H2,1-2H3,(H,25,30)(H,26,28)(H,27,29). The number of carbonyl (C=O) groups excluding carboxylic acids is 1. The second-order valence-electron chi connectivity index (χ2n) is 7.27. The van der Waals surface area contributed by atoms with Gasteiger partial charge in [0, 0.05) is 12.6 Å². The zero-order chi connectivity index (χ0) is 24.1. The lowest BCUT2D eigenvalue weighted by Gasteiger charge is -2.16. The molecular formula is C24H23N5O4S. The summed E-state index contributed by atoms with van der Waals surface area (Å²) in [5.74, 6) is 0.616. The Morgan fingerprint density at radius 1 is 0.882 bits per heavy atom. The largest absolute Gasteiger partial charge is 0.492 e. The van der Waals surface area contributed by atoms with Crippen LogP contribution in [0.25, 0.3) is 11.0 Å². The van der Waals surface area contributed by atoms with Gasteiger partial charge in [0.1, 0.15) is 5.75 Å². The second-order valence-corrected chi connectivity index (χ2v) is 8.96. The first-order valence-corrected chi connectivity index (χ1v) is 12.0. The summed E-state index contributed by atoms with van der Waals surface area (Å²) in [5, 5.41) is 5.76. The molecule has 0 aliphatic heterocycles. The van der Waals surface area contributed by atoms with E-state index in [4.69, 9.17) is 4.74 Å². The van der Waals surface area contributed by atoms with Gasteiger partial charge in [0.25, 0.3) is 10.0 Å². The van der Waals surface area contributed by atoms with E-state index >= 15 is 0 Å². The van der Waals surface area contributed by atoms with Gasteiger partial charge in [-0.05, 0) is 55.5 Å². The van der Waals surface area contributed by atoms with Crippen molar-refractivity contribution in [3.63, 3.8) is 0 Å². The average Bonchev–Trinajstić information content (AvgIpc) is 2.80. The minimum atomic E-state index is -4.00. The van der Waals surface area contributed by atoms with Gasteiger partial charge in [0.05, 0.1) is 28.2 Å². The summed E-state index contributed by atoms with van der Waals surface area (Å²) in [4.78, 5) is 20.3. The molecule has 1 heterocycles. The van der Waals surface area contributed by atoms with Gasteiger partial charge in [0.2, 0.25) is 5.91 Å². The molecule has 0 radical (unpaired) electrons. The molecule has 0 unspecified atom stereocenters. The molecule has 10 heteroatoms. The molecular weight excluding hydrogens is 454 g/mol. The summed E-state index contributed by atoms with van der Waals surface area (Å²) in [6.07, 6.45) is 0. The van der Waals surface area contributed by atoms with Gasteiger partial charge >= 0.3 is 0 Å². The van der Waals surface area contributed by atoms with E-state index in [9.17, 15) is 13.2 Å². The minimum Gasteiger partial charge on any atom is -0.492 e. The van der Waals surface area contributed by atoms with Crippen LogP contribution in [0.4, 0.5) is 23.0 Å². The zero-order valence-corrected chi connectivity index (χ0v) is 19.4. The van der Waals surface area contributed by atoms with E-state index in [1.54, 1.807) is 30.3 Å². The number of carbonyl (C=O) groups is 1. The third-order valence-electron chi connectivity index (χ3n) is 4.73. The zero-order valence-electron chi connectivity index (χ0n) is 18.6. The highest BCUT2D eigenvalue weighted by atomic mass is 32.2. The number of para-hydroxylation sites is 4. The number of fused-ring (bicyclic) bond motifs is 1. The predicted molar refractivity (Wildman–Crippen MR) is 132 cm³/mol. The van der Waals surface area contributed by atoms with Crippen LogP contribution < -0.4 is 20.1 Å². The summed E-state index contributed by atoms with van der Waals surface area (Å²) < 4.78 is 34.5. The monoisotopic (exact) mass is 477 g/mol. The fraction of sp³-hybridized carbons (Fsp3) is 0.125. The molecule has 34 heavy (non-hydrogen) atoms. The normalized spacial score (nSPS) is 11.1. The maximum Gasteiger partial charge on any atom is 0.263 e. The van der Waals surface area contributed by atoms with Crippen LogP contribution in [0.3, 0.4) is 0 Å². The number of ether oxygens (including phenoxy) is 1. The molecule has 0 atom stereocenters. The van der Waals surface area contributed by atoms with Crippen molar-refractivity contribution in [2.45, 2.75) is 18.7 Å². The highest BCUT2D eigenvalue weighted by Crippen LogP contribution is 2.31. The first-order chi connectivity index (χ1) is 16.4. The molecule has 174 valence electrons. The van der Waals surface area contributed by atoms with E-state index in [-0.39, 0.29) is 22.4 Å². The molecule has 4 rings (SSSR count). The lowest BCUT2D eigenvalue weighted by Crippen LogP contribution is -2.16. The summed E-state index contributed by atoms with van der Waals surface area (Å²) in [6, 6.07) is 20.3. The molecule has 3 N–H and O–H groups in total. The quantitative estimate of drug-likeness (QED) is 0.341. The molecule has 0 aliphatic rings. The van der Waals surface area contributed by atoms with Gasteiger partial charge in [-0.2, -0.15) is 0 Å². The Morgan fingerprint density at radius 2 is 1.50 bits per heavy atom. The Kier molecular flexibility index (Phi) is 6.60. The maximum atomic E-state index is 13.1. The minimum absolute atomic E-state index is 0.0113. The smallest absolute Gasteiger partial charge is 0.263 e. The van der Waals surface area contributed by atoms with Crippen LogP contribution in [0.1, 0.15) is 13.8 Å². The third-order valence-corrected chi connectivity index (χ3v) is 6.08. The van der Waals surface area contributed by atoms with Crippen LogP contribution in [-0.2, 0) is 14.8 Å². The number of rotatable bonds is 8. The Bertz CT molecular complexity index is 1440. The van der Waals surface area contributed by atoms with E-state index in [1.807, 2.05) is 25.1 Å². The first kappa shape index (κ1) is 23.0. The van der Waals surface area contributed by atoms with E-state index in [0.717, 1.165) is 0 Å². The number of nitrogens with zero attached hydrogens (tertiary/aromatic N) is 2. The molecule has 0 bridgehead atoms. The summed E-state index contributed by atoms with van der Waals surface area (Å²) in [6.45, 7) is 3.72. The van der Waals surface area contributed by atoms with Crippen LogP contribution in [0.15, 0.2) is 77.7 Å². The fourth-order valence-electron chi connectivity index (χ4n) is 3.24. The molecule has 9 nitrogen and oxygen atoms in total. The molecule has 0 aliphatic carbocycles. The summed E-state index contributed by atoms with van der Waals surface area (Å²) in [5.41, 5.74) is 2.24. The average molecular weight is 478 g/mol. The molecule has 0 saturated heterocycles. The van der Waals surface area contributed by atoms with Crippen LogP contribution >= 0.6 is 0 Å². The van der Waals surface area contributed by atoms with E-state index in [2.05, 4.69) is 25.3 Å². The van der Waals surface area contributed by atoms with Crippen molar-refractivity contribution in [3.8, 4) is 5.75 Å². The molecule has 1 aromatic heterocycles. The van der Waals surface area contributed by atoms with Crippen LogP contribution in [0, 0.1) is 0 Å². The second kappa shape index (κ2) is 9.75. The van der Waals surface area contributed by atoms with Crippen molar-refractivity contribution in [1.82, 2.24) is 9.97 Å². The Labute approximate surface area is 197 Å². The number of anilines is 4. The van der Waals surface area contributed by atoms with E-state index in [0.29, 0.717) is 34.8 Å². The van der Waals surface area contributed by atoms with Gasteiger partial charge in [-0.15, -0.1) is 0 Å². The Hall–Kier alpha value is -4.18. The van der Waals surface area contributed by atoms with Crippen molar-refractivity contribution in [2.75, 3.05) is 22.0 Å². The van der Waals surface area contributed by atoms with Crippen molar-refractivity contribution in [1.29, 1.82) is 0 Å². The number of nitrogens with one attached hydrogen (secondary N) is 3. The number of hydrogen-bond acceptors (Lipinski definition) is 7. The van der Waals surface area contributed by atoms with E-state index < -0.39 is 10.0 Å². The predicted octanol–water partition coefficient (Wildman–Crippen LogP) is 4.53. The highest BCUT2D eigenvalue weighted by Gasteiger charge is 2.20. The number of aromatic nitrogens is 2. The third kappa shape index (κ3) is 5.24. The van der Waals surface area contributed by atoms with Crippen molar-refractivity contribution in [3.05, 3.63) is 72.8 Å². The van der Waals surface area contributed by atoms with E-state index in [1.165, 1.54) is 31.2 Å². The number of hydrogen-bond donors (Lipinski definition) is 3. The first-order valence-electron chi connectivity index (χ1n) is 10.5. The van der Waals surface area contributed by atoms with Crippen LogP contribution in [-0.4, -0.2) is 30.9 Å². The van der Waals surface area contributed by atoms with Crippen LogP contribution in [0.2, 0.25) is 0 Å². The summed E-state index contributed by atoms with van der Waals surface area (Å²) >= 11 is 0. The SMILES string of the molecule is CCOc1ccccc1Nc1nc2ccccc2nc1NS(=O)(=O)c1ccc(NC(C)=O)cc1. The number of benzene rings is 3. The molecule has 1 amide bonds. The lowest BCUT2D eigenvalue weighted by molar-refractivity contribution is -0.114.